The van der Waals surface area contributed by atoms with E-state index in [-0.39, 0.29) is 5.91 Å². The highest BCUT2D eigenvalue weighted by molar-refractivity contribution is 5.92. The van der Waals surface area contributed by atoms with E-state index < -0.39 is 0 Å². The highest BCUT2D eigenvalue weighted by atomic mass is 16.5. The molecule has 0 aromatic heterocycles. The van der Waals surface area contributed by atoms with Crippen LogP contribution in [0.3, 0.4) is 0 Å². The fourth-order valence-corrected chi connectivity index (χ4v) is 2.37. The maximum absolute atomic E-state index is 12.1. The van der Waals surface area contributed by atoms with Crippen molar-refractivity contribution in [1.29, 1.82) is 0 Å². The average Bonchev–Trinajstić information content (AvgIpc) is 2.56. The Morgan fingerprint density at radius 1 is 1.04 bits per heavy atom. The first-order valence-corrected chi connectivity index (χ1v) is 7.81. The minimum atomic E-state index is -0.00902. The van der Waals surface area contributed by atoms with Crippen LogP contribution in [0.5, 0.6) is 5.75 Å². The van der Waals surface area contributed by atoms with E-state index in [1.807, 2.05) is 60.5 Å². The van der Waals surface area contributed by atoms with Gasteiger partial charge in [0, 0.05) is 12.2 Å². The third-order valence-corrected chi connectivity index (χ3v) is 3.67. The van der Waals surface area contributed by atoms with Gasteiger partial charge in [0.2, 0.25) is 5.91 Å². The summed E-state index contributed by atoms with van der Waals surface area (Å²) in [5.74, 6) is 0.829. The van der Waals surface area contributed by atoms with Gasteiger partial charge < -0.3 is 10.1 Å². The van der Waals surface area contributed by atoms with Crippen molar-refractivity contribution >= 4 is 11.6 Å². The number of methoxy groups -OCH3 is 1. The number of benzene rings is 2. The number of nitrogens with zero attached hydrogens (tertiary/aromatic N) is 1. The molecule has 0 aliphatic rings. The number of hydrogen-bond donors (Lipinski definition) is 1. The molecule has 122 valence electrons. The van der Waals surface area contributed by atoms with E-state index in [0.717, 1.165) is 23.4 Å². The second-order valence-electron chi connectivity index (χ2n) is 5.62. The van der Waals surface area contributed by atoms with Gasteiger partial charge in [-0.2, -0.15) is 0 Å². The van der Waals surface area contributed by atoms with Gasteiger partial charge in [-0.05, 0) is 48.9 Å². The van der Waals surface area contributed by atoms with Crippen LogP contribution < -0.4 is 10.1 Å². The lowest BCUT2D eigenvalue weighted by molar-refractivity contribution is -0.117. The molecule has 0 bridgehead atoms. The molecule has 1 N–H and O–H groups in total. The lowest BCUT2D eigenvalue weighted by atomic mass is 10.1. The Morgan fingerprint density at radius 2 is 1.65 bits per heavy atom. The molecule has 1 amide bonds. The van der Waals surface area contributed by atoms with Gasteiger partial charge in [0.25, 0.3) is 0 Å². The Balaban J connectivity index is 1.83. The highest BCUT2D eigenvalue weighted by Gasteiger charge is 2.08. The van der Waals surface area contributed by atoms with Crippen molar-refractivity contribution in [2.75, 3.05) is 26.0 Å². The number of nitrogens with one attached hydrogen (secondary N) is 1. The summed E-state index contributed by atoms with van der Waals surface area (Å²) in [4.78, 5) is 14.1. The number of rotatable bonds is 7. The van der Waals surface area contributed by atoms with Crippen LogP contribution in [0.4, 0.5) is 5.69 Å². The van der Waals surface area contributed by atoms with Gasteiger partial charge in [0.1, 0.15) is 5.75 Å². The quantitative estimate of drug-likeness (QED) is 0.852. The second-order valence-corrected chi connectivity index (χ2v) is 5.62. The molecule has 0 saturated heterocycles. The summed E-state index contributed by atoms with van der Waals surface area (Å²) < 4.78 is 5.14. The van der Waals surface area contributed by atoms with Gasteiger partial charge in [0.15, 0.2) is 0 Å². The SMILES string of the molecule is CCc1ccc(NC(=O)CN(C)Cc2ccc(OC)cc2)cc1. The molecule has 0 radical (unpaired) electrons. The molecule has 2 rings (SSSR count). The van der Waals surface area contributed by atoms with Crippen LogP contribution in [0.2, 0.25) is 0 Å². The van der Waals surface area contributed by atoms with E-state index in [1.54, 1.807) is 7.11 Å². The van der Waals surface area contributed by atoms with E-state index in [2.05, 4.69) is 12.2 Å². The first-order valence-electron chi connectivity index (χ1n) is 7.81. The summed E-state index contributed by atoms with van der Waals surface area (Å²) in [7, 11) is 3.59. The zero-order chi connectivity index (χ0) is 16.7. The molecule has 4 heteroatoms. The van der Waals surface area contributed by atoms with Crippen LogP contribution in [0.25, 0.3) is 0 Å². The number of hydrogen-bond acceptors (Lipinski definition) is 3. The summed E-state index contributed by atoms with van der Waals surface area (Å²) in [5, 5.41) is 2.93. The molecule has 0 saturated carbocycles. The molecular formula is C19H24N2O2. The standard InChI is InChI=1S/C19H24N2O2/c1-4-15-5-9-17(10-6-15)20-19(22)14-21(2)13-16-7-11-18(23-3)12-8-16/h5-12H,4,13-14H2,1-3H3,(H,20,22). The first kappa shape index (κ1) is 17.0. The molecular weight excluding hydrogens is 288 g/mol. The molecule has 2 aromatic carbocycles. The Bertz CT molecular complexity index is 621. The molecule has 4 nitrogen and oxygen atoms in total. The number of carbonyl (C=O) groups excluding carboxylic acids is 1. The number of aryl methyl sites for hydroxylation is 1. The molecule has 0 aliphatic heterocycles. The van der Waals surface area contributed by atoms with Crippen molar-refractivity contribution in [2.45, 2.75) is 19.9 Å². The van der Waals surface area contributed by atoms with Crippen molar-refractivity contribution in [1.82, 2.24) is 4.90 Å². The van der Waals surface area contributed by atoms with Crippen LogP contribution >= 0.6 is 0 Å². The molecule has 0 unspecified atom stereocenters. The van der Waals surface area contributed by atoms with E-state index >= 15 is 0 Å². The minimum absolute atomic E-state index is 0.00902. The predicted octanol–water partition coefficient (Wildman–Crippen LogP) is 3.33. The maximum atomic E-state index is 12.1. The summed E-state index contributed by atoms with van der Waals surface area (Å²) in [6.45, 7) is 3.18. The zero-order valence-corrected chi connectivity index (χ0v) is 14.0. The zero-order valence-electron chi connectivity index (χ0n) is 14.0. The number of amides is 1. The van der Waals surface area contributed by atoms with Crippen molar-refractivity contribution in [3.05, 3.63) is 59.7 Å². The summed E-state index contributed by atoms with van der Waals surface area (Å²) >= 11 is 0. The predicted molar refractivity (Wildman–Crippen MR) is 93.8 cm³/mol. The van der Waals surface area contributed by atoms with Crippen LogP contribution in [0.1, 0.15) is 18.1 Å². The average molecular weight is 312 g/mol. The van der Waals surface area contributed by atoms with Crippen LogP contribution in [-0.4, -0.2) is 31.5 Å². The largest absolute Gasteiger partial charge is 0.497 e. The summed E-state index contributed by atoms with van der Waals surface area (Å²) in [5.41, 5.74) is 3.25. The Labute approximate surface area is 138 Å². The normalized spacial score (nSPS) is 10.6. The number of carbonyl (C=O) groups is 1. The van der Waals surface area contributed by atoms with Crippen molar-refractivity contribution in [3.63, 3.8) is 0 Å². The van der Waals surface area contributed by atoms with Crippen LogP contribution in [0.15, 0.2) is 48.5 Å². The summed E-state index contributed by atoms with van der Waals surface area (Å²) in [6.07, 6.45) is 0.999. The fourth-order valence-electron chi connectivity index (χ4n) is 2.37. The van der Waals surface area contributed by atoms with Crippen LogP contribution in [0, 0.1) is 0 Å². The number of anilines is 1. The van der Waals surface area contributed by atoms with Gasteiger partial charge in [-0.3, -0.25) is 9.69 Å². The van der Waals surface area contributed by atoms with Gasteiger partial charge in [-0.15, -0.1) is 0 Å². The highest BCUT2D eigenvalue weighted by Crippen LogP contribution is 2.13. The van der Waals surface area contributed by atoms with E-state index in [1.165, 1.54) is 5.56 Å². The lowest BCUT2D eigenvalue weighted by Gasteiger charge is -2.16. The third kappa shape index (κ3) is 5.42. The fraction of sp³-hybridized carbons (Fsp3) is 0.316. The second kappa shape index (κ2) is 8.34. The van der Waals surface area contributed by atoms with Crippen molar-refractivity contribution in [2.24, 2.45) is 0 Å². The molecule has 0 heterocycles. The van der Waals surface area contributed by atoms with Gasteiger partial charge in [-0.1, -0.05) is 31.2 Å². The van der Waals surface area contributed by atoms with Gasteiger partial charge in [0.05, 0.1) is 13.7 Å². The Kier molecular flexibility index (Phi) is 6.18. The Morgan fingerprint density at radius 3 is 2.22 bits per heavy atom. The number of likely N-dealkylation sites (N-methyl/N-ethyl adjacent to an activating group) is 1. The van der Waals surface area contributed by atoms with E-state index in [4.69, 9.17) is 4.74 Å². The lowest BCUT2D eigenvalue weighted by Crippen LogP contribution is -2.29. The van der Waals surface area contributed by atoms with E-state index in [0.29, 0.717) is 13.1 Å². The van der Waals surface area contributed by atoms with E-state index in [9.17, 15) is 4.79 Å². The van der Waals surface area contributed by atoms with Crippen LogP contribution in [-0.2, 0) is 17.8 Å². The molecule has 2 aromatic rings. The maximum Gasteiger partial charge on any atom is 0.238 e. The molecule has 0 fully saturated rings. The van der Waals surface area contributed by atoms with Crippen molar-refractivity contribution < 1.29 is 9.53 Å². The molecule has 0 atom stereocenters. The van der Waals surface area contributed by atoms with Crippen molar-refractivity contribution in [3.8, 4) is 5.75 Å². The van der Waals surface area contributed by atoms with Gasteiger partial charge >= 0.3 is 0 Å². The number of ether oxygens (including phenoxy) is 1. The minimum Gasteiger partial charge on any atom is -0.497 e. The topological polar surface area (TPSA) is 41.6 Å². The molecule has 0 spiro atoms. The van der Waals surface area contributed by atoms with Gasteiger partial charge in [-0.25, -0.2) is 0 Å². The monoisotopic (exact) mass is 312 g/mol. The molecule has 0 aliphatic carbocycles. The third-order valence-electron chi connectivity index (χ3n) is 3.67. The Hall–Kier alpha value is -2.33. The smallest absolute Gasteiger partial charge is 0.238 e. The first-order chi connectivity index (χ1) is 11.1. The molecule has 23 heavy (non-hydrogen) atoms. The summed E-state index contributed by atoms with van der Waals surface area (Å²) in [6, 6.07) is 15.8.